The number of carbonyl (C=O) groups is 2. The zero-order valence-corrected chi connectivity index (χ0v) is 21.4. The van der Waals surface area contributed by atoms with Crippen LogP contribution in [0, 0.1) is 11.3 Å². The van der Waals surface area contributed by atoms with E-state index in [2.05, 4.69) is 5.32 Å². The largest absolute Gasteiger partial charge is 0.467 e. The van der Waals surface area contributed by atoms with Gasteiger partial charge in [0.2, 0.25) is 5.91 Å². The third-order valence-electron chi connectivity index (χ3n) is 6.00. The fourth-order valence-electron chi connectivity index (χ4n) is 3.99. The zero-order chi connectivity index (χ0) is 27.4. The van der Waals surface area contributed by atoms with E-state index < -0.39 is 28.8 Å². The Morgan fingerprint density at radius 2 is 1.89 bits per heavy atom. The lowest BCUT2D eigenvalue weighted by atomic mass is 10.0. The number of hydrogen-bond acceptors (Lipinski definition) is 5. The van der Waals surface area contributed by atoms with Gasteiger partial charge in [-0.15, -0.1) is 0 Å². The van der Waals surface area contributed by atoms with Gasteiger partial charge in [-0.05, 0) is 53.8 Å². The van der Waals surface area contributed by atoms with Crippen molar-refractivity contribution >= 4 is 29.3 Å². The van der Waals surface area contributed by atoms with Crippen LogP contribution in [-0.2, 0) is 28.7 Å². The van der Waals surface area contributed by atoms with E-state index in [1.165, 1.54) is 23.3 Å². The molecule has 1 unspecified atom stereocenters. The second-order valence-electron chi connectivity index (χ2n) is 8.98. The molecule has 6 nitrogen and oxygen atoms in total. The summed E-state index contributed by atoms with van der Waals surface area (Å²) in [5.41, 5.74) is 0.741. The van der Waals surface area contributed by atoms with Gasteiger partial charge in [-0.2, -0.15) is 18.4 Å². The van der Waals surface area contributed by atoms with Gasteiger partial charge in [-0.25, -0.2) is 0 Å². The van der Waals surface area contributed by atoms with Gasteiger partial charge in [0.05, 0.1) is 23.6 Å². The van der Waals surface area contributed by atoms with Crippen molar-refractivity contribution < 1.29 is 27.2 Å². The topological polar surface area (TPSA) is 86.3 Å². The zero-order valence-electron chi connectivity index (χ0n) is 20.6. The summed E-state index contributed by atoms with van der Waals surface area (Å²) in [5.74, 6) is -0.383. The number of anilines is 1. The Hall–Kier alpha value is -3.97. The summed E-state index contributed by atoms with van der Waals surface area (Å²) in [6, 6.07) is 17.2. The molecular formula is C28H24F3N3O3S. The Bertz CT molecular complexity index is 1390. The third kappa shape index (κ3) is 5.94. The van der Waals surface area contributed by atoms with Crippen molar-refractivity contribution in [3.8, 4) is 6.07 Å². The van der Waals surface area contributed by atoms with Crippen LogP contribution >= 0.6 is 11.8 Å². The number of carbonyl (C=O) groups excluding carboxylic acids is 2. The molecule has 1 aliphatic rings. The maximum atomic E-state index is 13.6. The van der Waals surface area contributed by atoms with Crippen molar-refractivity contribution in [2.24, 2.45) is 0 Å². The minimum Gasteiger partial charge on any atom is -0.467 e. The molecule has 2 amide bonds. The minimum absolute atomic E-state index is 0.00970. The molecule has 4 rings (SSSR count). The molecule has 1 N–H and O–H groups in total. The second-order valence-corrected chi connectivity index (χ2v) is 10.2. The standard InChI is InChI=1S/C28H24F3N3O3S/c1-17(2)19-8-10-21(11-9-19)34-26(36)24(14-18-5-3-6-20(13-18)28(29,30)31)38-27(34)23(15-32)25(35)33-16-22-7-4-12-37-22/h3-13,17,24H,14,16H2,1-2H3,(H,33,35)/b27-23-. The van der Waals surface area contributed by atoms with E-state index in [-0.39, 0.29) is 29.5 Å². The molecular weight excluding hydrogens is 515 g/mol. The van der Waals surface area contributed by atoms with Crippen molar-refractivity contribution in [2.75, 3.05) is 4.90 Å². The Labute approximate surface area is 222 Å². The van der Waals surface area contributed by atoms with Crippen LogP contribution in [0.5, 0.6) is 0 Å². The number of nitriles is 1. The smallest absolute Gasteiger partial charge is 0.416 e. The molecule has 1 aliphatic heterocycles. The van der Waals surface area contributed by atoms with Gasteiger partial charge in [0, 0.05) is 5.69 Å². The van der Waals surface area contributed by atoms with E-state index in [4.69, 9.17) is 4.42 Å². The normalized spacial score (nSPS) is 17.0. The fraction of sp³-hybridized carbons (Fsp3) is 0.250. The van der Waals surface area contributed by atoms with Crippen molar-refractivity contribution in [3.63, 3.8) is 0 Å². The van der Waals surface area contributed by atoms with Crippen LogP contribution in [0.2, 0.25) is 0 Å². The Kier molecular flexibility index (Phi) is 7.97. The first-order valence-corrected chi connectivity index (χ1v) is 12.7. The summed E-state index contributed by atoms with van der Waals surface area (Å²) >= 11 is 0.993. The highest BCUT2D eigenvalue weighted by molar-refractivity contribution is 8.05. The molecule has 1 atom stereocenters. The lowest BCUT2D eigenvalue weighted by molar-refractivity contribution is -0.137. The number of furan rings is 1. The molecule has 2 aromatic carbocycles. The molecule has 0 radical (unpaired) electrons. The van der Waals surface area contributed by atoms with E-state index in [0.717, 1.165) is 29.5 Å². The number of benzene rings is 2. The number of nitrogens with one attached hydrogen (secondary N) is 1. The Morgan fingerprint density at radius 1 is 1.16 bits per heavy atom. The minimum atomic E-state index is -4.52. The van der Waals surface area contributed by atoms with Gasteiger partial charge < -0.3 is 9.73 Å². The molecule has 3 aromatic rings. The highest BCUT2D eigenvalue weighted by Crippen LogP contribution is 2.42. The average molecular weight is 540 g/mol. The van der Waals surface area contributed by atoms with Crippen molar-refractivity contribution in [1.82, 2.24) is 5.32 Å². The lowest BCUT2D eigenvalue weighted by Crippen LogP contribution is -2.32. The van der Waals surface area contributed by atoms with Crippen LogP contribution in [0.25, 0.3) is 0 Å². The van der Waals surface area contributed by atoms with Crippen molar-refractivity contribution in [3.05, 3.63) is 100.0 Å². The monoisotopic (exact) mass is 539 g/mol. The maximum absolute atomic E-state index is 13.6. The molecule has 196 valence electrons. The van der Waals surface area contributed by atoms with Gasteiger partial charge in [0.15, 0.2) is 0 Å². The predicted octanol–water partition coefficient (Wildman–Crippen LogP) is 6.16. The fourth-order valence-corrected chi connectivity index (χ4v) is 5.30. The molecule has 1 saturated heterocycles. The van der Waals surface area contributed by atoms with Gasteiger partial charge >= 0.3 is 6.18 Å². The quantitative estimate of drug-likeness (QED) is 0.287. The molecule has 38 heavy (non-hydrogen) atoms. The average Bonchev–Trinajstić information content (AvgIpc) is 3.51. The van der Waals surface area contributed by atoms with Crippen LogP contribution < -0.4 is 10.2 Å². The molecule has 0 saturated carbocycles. The Balaban J connectivity index is 1.69. The molecule has 1 fully saturated rings. The predicted molar refractivity (Wildman–Crippen MR) is 138 cm³/mol. The van der Waals surface area contributed by atoms with Crippen molar-refractivity contribution in [2.45, 2.75) is 44.2 Å². The molecule has 1 aromatic heterocycles. The number of rotatable bonds is 7. The molecule has 2 heterocycles. The number of nitrogens with zero attached hydrogens (tertiary/aromatic N) is 2. The summed E-state index contributed by atoms with van der Waals surface area (Å²) in [6.07, 6.45) is -3.07. The van der Waals surface area contributed by atoms with E-state index in [0.29, 0.717) is 17.0 Å². The van der Waals surface area contributed by atoms with Gasteiger partial charge in [-0.1, -0.05) is 55.9 Å². The highest BCUT2D eigenvalue weighted by Gasteiger charge is 2.41. The molecule has 0 aliphatic carbocycles. The van der Waals surface area contributed by atoms with Crippen molar-refractivity contribution in [1.29, 1.82) is 5.26 Å². The van der Waals surface area contributed by atoms with Crippen LogP contribution in [0.4, 0.5) is 18.9 Å². The van der Waals surface area contributed by atoms with E-state index >= 15 is 0 Å². The third-order valence-corrected chi connectivity index (χ3v) is 7.26. The number of hydrogen-bond donors (Lipinski definition) is 1. The first-order chi connectivity index (χ1) is 18.1. The summed E-state index contributed by atoms with van der Waals surface area (Å²) < 4.78 is 44.9. The van der Waals surface area contributed by atoms with E-state index in [1.54, 1.807) is 24.3 Å². The van der Waals surface area contributed by atoms with E-state index in [1.807, 2.05) is 32.0 Å². The van der Waals surface area contributed by atoms with Crippen LogP contribution in [0.15, 0.2) is 81.9 Å². The summed E-state index contributed by atoms with van der Waals surface area (Å²) in [6.45, 7) is 4.10. The molecule has 0 bridgehead atoms. The molecule has 0 spiro atoms. The number of amides is 2. The number of thioether (sulfide) groups is 1. The van der Waals surface area contributed by atoms with Gasteiger partial charge in [0.25, 0.3) is 5.91 Å². The number of halogens is 3. The summed E-state index contributed by atoms with van der Waals surface area (Å²) in [7, 11) is 0. The Morgan fingerprint density at radius 3 is 2.50 bits per heavy atom. The first kappa shape index (κ1) is 27.1. The lowest BCUT2D eigenvalue weighted by Gasteiger charge is -2.19. The second kappa shape index (κ2) is 11.2. The van der Waals surface area contributed by atoms with E-state index in [9.17, 15) is 28.0 Å². The first-order valence-electron chi connectivity index (χ1n) is 11.8. The van der Waals surface area contributed by atoms with Crippen LogP contribution in [0.1, 0.15) is 42.2 Å². The van der Waals surface area contributed by atoms with Crippen LogP contribution in [0.3, 0.4) is 0 Å². The summed E-state index contributed by atoms with van der Waals surface area (Å²) in [5, 5.41) is 11.8. The maximum Gasteiger partial charge on any atom is 0.416 e. The number of alkyl halides is 3. The summed E-state index contributed by atoms with van der Waals surface area (Å²) in [4.78, 5) is 27.9. The van der Waals surface area contributed by atoms with Gasteiger partial charge in [-0.3, -0.25) is 14.5 Å². The molecule has 10 heteroatoms. The van der Waals surface area contributed by atoms with Crippen LogP contribution in [-0.4, -0.2) is 17.1 Å². The SMILES string of the molecule is CC(C)c1ccc(N2C(=O)C(Cc3cccc(C(F)(F)F)c3)S/C2=C(/C#N)C(=O)NCc2ccco2)cc1. The highest BCUT2D eigenvalue weighted by atomic mass is 32.2. The van der Waals surface area contributed by atoms with Gasteiger partial charge in [0.1, 0.15) is 22.4 Å².